The maximum Gasteiger partial charge on any atom is 0.328 e. The van der Waals surface area contributed by atoms with Crippen molar-refractivity contribution in [1.29, 1.82) is 0 Å². The molecule has 0 bridgehead atoms. The molecule has 1 aromatic rings. The zero-order valence-electron chi connectivity index (χ0n) is 19.2. The number of aromatic nitrogens is 2. The van der Waals surface area contributed by atoms with Crippen molar-refractivity contribution in [2.45, 2.75) is 19.4 Å². The molecule has 1 heterocycles. The summed E-state index contributed by atoms with van der Waals surface area (Å²) in [5.41, 5.74) is -1.40. The number of H-pyrrole nitrogens is 1. The number of amides is 1. The minimum atomic E-state index is -2.62. The number of hydrogen-bond donors (Lipinski definition) is 1. The summed E-state index contributed by atoms with van der Waals surface area (Å²) in [6.45, 7) is 1.68. The third-order valence-electron chi connectivity index (χ3n) is 4.51. The second-order valence-corrected chi connectivity index (χ2v) is 10.3. The SMILES string of the molecule is COC(=O)CN(CCN(C)C)C(=O)Cn1cc(C#CCCCP(C)(=O)OC)c(=O)[nH]c1=O. The Hall–Kier alpha value is -2.67. The monoisotopic (exact) mass is 470 g/mol. The molecule has 12 heteroatoms. The molecule has 32 heavy (non-hydrogen) atoms. The molecular formula is C20H31N4O7P. The van der Waals surface area contributed by atoms with E-state index < -0.39 is 30.5 Å². The van der Waals surface area contributed by atoms with Gasteiger partial charge in [0.05, 0.1) is 7.11 Å². The molecule has 1 amide bonds. The fourth-order valence-corrected chi connectivity index (χ4v) is 3.41. The van der Waals surface area contributed by atoms with Gasteiger partial charge in [-0.25, -0.2) is 4.79 Å². The van der Waals surface area contributed by atoms with Crippen LogP contribution >= 0.6 is 7.37 Å². The van der Waals surface area contributed by atoms with Gasteiger partial charge in [0.25, 0.3) is 5.56 Å². The highest BCUT2D eigenvalue weighted by Gasteiger charge is 2.19. The molecule has 0 aliphatic heterocycles. The summed E-state index contributed by atoms with van der Waals surface area (Å²) in [6.07, 6.45) is 2.49. The second-order valence-electron chi connectivity index (χ2n) is 7.45. The van der Waals surface area contributed by atoms with Gasteiger partial charge in [-0.15, -0.1) is 0 Å². The van der Waals surface area contributed by atoms with Crippen molar-refractivity contribution in [1.82, 2.24) is 19.4 Å². The predicted octanol–water partition coefficient (Wildman–Crippen LogP) is -0.214. The summed E-state index contributed by atoms with van der Waals surface area (Å²) in [5, 5.41) is 0. The Morgan fingerprint density at radius 1 is 1.22 bits per heavy atom. The first-order valence-electron chi connectivity index (χ1n) is 9.93. The van der Waals surface area contributed by atoms with Gasteiger partial charge in [-0.3, -0.25) is 28.5 Å². The zero-order chi connectivity index (χ0) is 24.3. The van der Waals surface area contributed by atoms with Crippen LogP contribution in [0.4, 0.5) is 0 Å². The van der Waals surface area contributed by atoms with Gasteiger partial charge in [0.15, 0.2) is 7.37 Å². The van der Waals surface area contributed by atoms with Crippen molar-refractivity contribution in [2.75, 3.05) is 60.8 Å². The van der Waals surface area contributed by atoms with Crippen LogP contribution in [0.3, 0.4) is 0 Å². The van der Waals surface area contributed by atoms with Gasteiger partial charge in [-0.1, -0.05) is 11.8 Å². The number of carbonyl (C=O) groups is 2. The average Bonchev–Trinajstić information content (AvgIpc) is 2.73. The molecular weight excluding hydrogens is 439 g/mol. The number of nitrogens with zero attached hydrogens (tertiary/aromatic N) is 3. The molecule has 11 nitrogen and oxygen atoms in total. The quantitative estimate of drug-likeness (QED) is 0.203. The van der Waals surface area contributed by atoms with E-state index in [0.717, 1.165) is 4.57 Å². The van der Waals surface area contributed by atoms with Gasteiger partial charge in [0.1, 0.15) is 18.7 Å². The van der Waals surface area contributed by atoms with Crippen LogP contribution in [0.2, 0.25) is 0 Å². The van der Waals surface area contributed by atoms with Crippen molar-refractivity contribution in [3.8, 4) is 11.8 Å². The Morgan fingerprint density at radius 2 is 1.91 bits per heavy atom. The molecule has 1 aromatic heterocycles. The summed E-state index contributed by atoms with van der Waals surface area (Å²) in [6, 6.07) is 0. The third-order valence-corrected chi connectivity index (χ3v) is 6.41. The van der Waals surface area contributed by atoms with Crippen molar-refractivity contribution in [3.05, 3.63) is 32.6 Å². The van der Waals surface area contributed by atoms with Crippen LogP contribution in [0.5, 0.6) is 0 Å². The molecule has 1 rings (SSSR count). The summed E-state index contributed by atoms with van der Waals surface area (Å²) < 4.78 is 22.4. The van der Waals surface area contributed by atoms with Crippen LogP contribution in [0.1, 0.15) is 18.4 Å². The minimum absolute atomic E-state index is 0.0247. The van der Waals surface area contributed by atoms with Crippen LogP contribution in [0.25, 0.3) is 0 Å². The highest BCUT2D eigenvalue weighted by Crippen LogP contribution is 2.41. The minimum Gasteiger partial charge on any atom is -0.468 e. The second kappa shape index (κ2) is 13.0. The molecule has 0 aromatic carbocycles. The molecule has 1 unspecified atom stereocenters. The molecule has 0 saturated heterocycles. The van der Waals surface area contributed by atoms with Crippen LogP contribution in [0, 0.1) is 11.8 Å². The highest BCUT2D eigenvalue weighted by molar-refractivity contribution is 7.58. The standard InChI is InChI=1S/C20H31N4O7P/c1-22(2)10-11-23(15-18(26)30-3)17(25)14-24-13-16(19(27)21-20(24)28)9-7-6-8-12-32(5,29)31-4/h13H,6,8,10-12,14-15H2,1-5H3,(H,21,27,28). The fraction of sp³-hybridized carbons (Fsp3) is 0.600. The summed E-state index contributed by atoms with van der Waals surface area (Å²) in [7, 11) is 3.65. The van der Waals surface area contributed by atoms with Crippen molar-refractivity contribution in [3.63, 3.8) is 0 Å². The Kier molecular flexibility index (Phi) is 11.1. The molecule has 0 saturated carbocycles. The predicted molar refractivity (Wildman–Crippen MR) is 120 cm³/mol. The summed E-state index contributed by atoms with van der Waals surface area (Å²) in [5.74, 6) is 4.42. The molecule has 0 radical (unpaired) electrons. The van der Waals surface area contributed by atoms with Crippen molar-refractivity contribution < 1.29 is 23.4 Å². The fourth-order valence-electron chi connectivity index (χ4n) is 2.50. The van der Waals surface area contributed by atoms with E-state index in [-0.39, 0.29) is 25.2 Å². The van der Waals surface area contributed by atoms with E-state index in [4.69, 9.17) is 4.52 Å². The van der Waals surface area contributed by atoms with E-state index in [0.29, 0.717) is 25.5 Å². The van der Waals surface area contributed by atoms with Gasteiger partial charge >= 0.3 is 11.7 Å². The molecule has 1 atom stereocenters. The van der Waals surface area contributed by atoms with E-state index in [1.54, 1.807) is 6.66 Å². The summed E-state index contributed by atoms with van der Waals surface area (Å²) >= 11 is 0. The number of nitrogens with one attached hydrogen (secondary N) is 1. The van der Waals surface area contributed by atoms with Gasteiger partial charge in [-0.05, 0) is 20.5 Å². The number of ether oxygens (including phenoxy) is 1. The molecule has 1 N–H and O–H groups in total. The first-order chi connectivity index (χ1) is 15.0. The van der Waals surface area contributed by atoms with Gasteiger partial charge in [0.2, 0.25) is 5.91 Å². The normalized spacial score (nSPS) is 12.6. The number of hydrogen-bond acceptors (Lipinski definition) is 8. The lowest BCUT2D eigenvalue weighted by molar-refractivity contribution is -0.147. The third kappa shape index (κ3) is 9.64. The molecule has 0 spiro atoms. The Morgan fingerprint density at radius 3 is 2.50 bits per heavy atom. The number of likely N-dealkylation sites (N-methyl/N-ethyl adjacent to an activating group) is 1. The van der Waals surface area contributed by atoms with Gasteiger partial charge in [0, 0.05) is 45.6 Å². The zero-order valence-corrected chi connectivity index (χ0v) is 20.1. The molecule has 178 valence electrons. The lowest BCUT2D eigenvalue weighted by Crippen LogP contribution is -2.44. The largest absolute Gasteiger partial charge is 0.468 e. The van der Waals surface area contributed by atoms with Crippen LogP contribution in [-0.4, -0.2) is 92.0 Å². The lowest BCUT2D eigenvalue weighted by atomic mass is 10.3. The Labute approximate surface area is 187 Å². The van der Waals surface area contributed by atoms with E-state index in [1.807, 2.05) is 19.0 Å². The Bertz CT molecular complexity index is 1020. The first kappa shape index (κ1) is 27.4. The Balaban J connectivity index is 2.96. The maximum atomic E-state index is 12.7. The number of unbranched alkanes of at least 4 members (excludes halogenated alkanes) is 1. The number of methoxy groups -OCH3 is 1. The number of carbonyl (C=O) groups excluding carboxylic acids is 2. The maximum absolute atomic E-state index is 12.7. The van der Waals surface area contributed by atoms with Crippen LogP contribution < -0.4 is 11.2 Å². The van der Waals surface area contributed by atoms with E-state index >= 15 is 0 Å². The molecule has 0 aliphatic carbocycles. The number of esters is 1. The van der Waals surface area contributed by atoms with Crippen LogP contribution in [0.15, 0.2) is 15.8 Å². The highest BCUT2D eigenvalue weighted by atomic mass is 31.2. The number of rotatable bonds is 11. The average molecular weight is 470 g/mol. The van der Waals surface area contributed by atoms with Gasteiger partial charge < -0.3 is 19.1 Å². The first-order valence-corrected chi connectivity index (χ1v) is 12.2. The topological polar surface area (TPSA) is 131 Å². The molecule has 0 fully saturated rings. The van der Waals surface area contributed by atoms with Crippen molar-refractivity contribution >= 4 is 19.2 Å². The van der Waals surface area contributed by atoms with E-state index in [2.05, 4.69) is 21.6 Å². The van der Waals surface area contributed by atoms with Crippen LogP contribution in [-0.2, 0) is 30.0 Å². The van der Waals surface area contributed by atoms with E-state index in [9.17, 15) is 23.7 Å². The summed E-state index contributed by atoms with van der Waals surface area (Å²) in [4.78, 5) is 53.9. The number of aromatic amines is 1. The molecule has 0 aliphatic rings. The van der Waals surface area contributed by atoms with E-state index in [1.165, 1.54) is 25.3 Å². The smallest absolute Gasteiger partial charge is 0.328 e. The van der Waals surface area contributed by atoms with Crippen molar-refractivity contribution in [2.24, 2.45) is 0 Å². The van der Waals surface area contributed by atoms with Gasteiger partial charge in [-0.2, -0.15) is 0 Å². The lowest BCUT2D eigenvalue weighted by Gasteiger charge is -2.23.